The molecule has 1 N–H and O–H groups in total. The summed E-state index contributed by atoms with van der Waals surface area (Å²) in [5.74, 6) is -0.166. The maximum Gasteiger partial charge on any atom is 0.308 e. The van der Waals surface area contributed by atoms with E-state index in [0.717, 1.165) is 30.2 Å². The van der Waals surface area contributed by atoms with Crippen molar-refractivity contribution in [1.82, 2.24) is 9.97 Å². The summed E-state index contributed by atoms with van der Waals surface area (Å²) in [7, 11) is 0. The molecule has 17 heavy (non-hydrogen) atoms. The van der Waals surface area contributed by atoms with Crippen LogP contribution in [0.4, 0.5) is 5.82 Å². The molecule has 0 radical (unpaired) electrons. The number of hydrogen-bond acceptors (Lipinski definition) is 5. The third kappa shape index (κ3) is 2.88. The van der Waals surface area contributed by atoms with E-state index in [-0.39, 0.29) is 5.92 Å². The molecule has 1 saturated heterocycles. The van der Waals surface area contributed by atoms with Crippen molar-refractivity contribution in [3.05, 3.63) is 12.4 Å². The van der Waals surface area contributed by atoms with Crippen molar-refractivity contribution in [1.29, 1.82) is 0 Å². The lowest BCUT2D eigenvalue weighted by Crippen LogP contribution is -2.39. The van der Waals surface area contributed by atoms with Gasteiger partial charge in [-0.15, -0.1) is 11.8 Å². The maximum absolute atomic E-state index is 11.0. The zero-order chi connectivity index (χ0) is 12.3. The average molecular weight is 253 g/mol. The molecule has 0 amide bonds. The van der Waals surface area contributed by atoms with Gasteiger partial charge in [-0.2, -0.15) is 0 Å². The van der Waals surface area contributed by atoms with Crippen LogP contribution in [-0.2, 0) is 4.79 Å². The molecule has 1 aliphatic rings. The van der Waals surface area contributed by atoms with Gasteiger partial charge in [-0.1, -0.05) is 0 Å². The number of nitrogens with zero attached hydrogens (tertiary/aromatic N) is 3. The average Bonchev–Trinajstić information content (AvgIpc) is 2.39. The lowest BCUT2D eigenvalue weighted by atomic mass is 9.98. The lowest BCUT2D eigenvalue weighted by Gasteiger charge is -2.31. The van der Waals surface area contributed by atoms with Gasteiger partial charge in [0.15, 0.2) is 0 Å². The number of anilines is 1. The first-order valence-electron chi connectivity index (χ1n) is 5.54. The first kappa shape index (κ1) is 12.2. The molecule has 1 aromatic heterocycles. The molecule has 92 valence electrons. The number of hydrogen-bond donors (Lipinski definition) is 1. The first-order chi connectivity index (χ1) is 8.20. The van der Waals surface area contributed by atoms with Crippen molar-refractivity contribution in [3.63, 3.8) is 0 Å². The number of rotatable bonds is 3. The molecular formula is C11H15N3O2S. The van der Waals surface area contributed by atoms with E-state index in [0.29, 0.717) is 6.54 Å². The van der Waals surface area contributed by atoms with E-state index in [9.17, 15) is 4.79 Å². The minimum atomic E-state index is -0.714. The Morgan fingerprint density at radius 1 is 1.59 bits per heavy atom. The number of aromatic nitrogens is 2. The maximum atomic E-state index is 11.0. The van der Waals surface area contributed by atoms with E-state index in [1.807, 2.05) is 17.2 Å². The molecule has 6 heteroatoms. The summed E-state index contributed by atoms with van der Waals surface area (Å²) in [6, 6.07) is 1.91. The molecule has 2 heterocycles. The summed E-state index contributed by atoms with van der Waals surface area (Å²) in [5.41, 5.74) is 0. The molecule has 0 spiro atoms. The number of aliphatic carboxylic acids is 1. The molecule has 1 atom stereocenters. The Morgan fingerprint density at radius 3 is 3.12 bits per heavy atom. The van der Waals surface area contributed by atoms with Crippen molar-refractivity contribution >= 4 is 23.5 Å². The number of piperidine rings is 1. The smallest absolute Gasteiger partial charge is 0.308 e. The van der Waals surface area contributed by atoms with E-state index in [1.165, 1.54) is 6.33 Å². The van der Waals surface area contributed by atoms with Crippen LogP contribution in [-0.4, -0.2) is 40.4 Å². The van der Waals surface area contributed by atoms with E-state index >= 15 is 0 Å². The summed E-state index contributed by atoms with van der Waals surface area (Å²) in [6.07, 6.45) is 5.15. The Morgan fingerprint density at radius 2 is 2.41 bits per heavy atom. The highest BCUT2D eigenvalue weighted by Crippen LogP contribution is 2.23. The van der Waals surface area contributed by atoms with Gasteiger partial charge >= 0.3 is 5.97 Å². The second-order valence-corrected chi connectivity index (χ2v) is 4.87. The molecule has 1 unspecified atom stereocenters. The molecule has 1 aromatic rings. The number of carboxylic acids is 1. The fraction of sp³-hybridized carbons (Fsp3) is 0.545. The zero-order valence-electron chi connectivity index (χ0n) is 9.67. The molecule has 2 rings (SSSR count). The standard InChI is InChI=1S/C11H15N3O2S/c1-17-10-5-9(12-7-13-10)14-4-2-3-8(6-14)11(15)16/h5,7-8H,2-4,6H2,1H3,(H,15,16). The van der Waals surface area contributed by atoms with E-state index in [2.05, 4.69) is 9.97 Å². The van der Waals surface area contributed by atoms with Crippen molar-refractivity contribution in [2.24, 2.45) is 5.92 Å². The minimum absolute atomic E-state index is 0.281. The van der Waals surface area contributed by atoms with Crippen molar-refractivity contribution in [3.8, 4) is 0 Å². The summed E-state index contributed by atoms with van der Waals surface area (Å²) >= 11 is 1.56. The van der Waals surface area contributed by atoms with Crippen LogP contribution >= 0.6 is 11.8 Å². The predicted octanol–water partition coefficient (Wildman–Crippen LogP) is 1.50. The second-order valence-electron chi connectivity index (χ2n) is 4.04. The van der Waals surface area contributed by atoms with Crippen molar-refractivity contribution in [2.45, 2.75) is 17.9 Å². The molecule has 1 fully saturated rings. The molecule has 0 aromatic carbocycles. The Labute approximate surface area is 104 Å². The van der Waals surface area contributed by atoms with Crippen LogP contribution in [0, 0.1) is 5.92 Å². The highest BCUT2D eigenvalue weighted by molar-refractivity contribution is 7.98. The Kier molecular flexibility index (Phi) is 3.83. The number of carbonyl (C=O) groups is 1. The second kappa shape index (κ2) is 5.35. The van der Waals surface area contributed by atoms with Gasteiger partial charge in [-0.25, -0.2) is 9.97 Å². The molecule has 5 nitrogen and oxygen atoms in total. The molecule has 0 bridgehead atoms. The van der Waals surface area contributed by atoms with Crippen molar-refractivity contribution < 1.29 is 9.90 Å². The van der Waals surface area contributed by atoms with Crippen molar-refractivity contribution in [2.75, 3.05) is 24.2 Å². The predicted molar refractivity (Wildman–Crippen MR) is 66.4 cm³/mol. The normalized spacial score (nSPS) is 20.3. The van der Waals surface area contributed by atoms with Crippen LogP contribution in [0.2, 0.25) is 0 Å². The number of carboxylic acid groups (broad SMARTS) is 1. The quantitative estimate of drug-likeness (QED) is 0.650. The van der Waals surface area contributed by atoms with Crippen LogP contribution in [0.3, 0.4) is 0 Å². The third-order valence-corrected chi connectivity index (χ3v) is 3.57. The molecule has 1 aliphatic heterocycles. The Bertz CT molecular complexity index is 413. The first-order valence-corrected chi connectivity index (χ1v) is 6.77. The van der Waals surface area contributed by atoms with E-state index in [1.54, 1.807) is 11.8 Å². The Balaban J connectivity index is 2.13. The molecular weight excluding hydrogens is 238 g/mol. The monoisotopic (exact) mass is 253 g/mol. The summed E-state index contributed by atoms with van der Waals surface area (Å²) in [6.45, 7) is 1.41. The zero-order valence-corrected chi connectivity index (χ0v) is 10.5. The lowest BCUT2D eigenvalue weighted by molar-refractivity contribution is -0.141. The highest BCUT2D eigenvalue weighted by atomic mass is 32.2. The largest absolute Gasteiger partial charge is 0.481 e. The van der Waals surface area contributed by atoms with Gasteiger partial charge in [0, 0.05) is 19.2 Å². The van der Waals surface area contributed by atoms with E-state index in [4.69, 9.17) is 5.11 Å². The van der Waals surface area contributed by atoms with Crippen LogP contribution in [0.5, 0.6) is 0 Å². The van der Waals surface area contributed by atoms with Gasteiger partial charge in [-0.3, -0.25) is 4.79 Å². The van der Waals surface area contributed by atoms with Gasteiger partial charge in [-0.05, 0) is 19.1 Å². The minimum Gasteiger partial charge on any atom is -0.481 e. The van der Waals surface area contributed by atoms with Crippen LogP contribution in [0.1, 0.15) is 12.8 Å². The van der Waals surface area contributed by atoms with E-state index < -0.39 is 5.97 Å². The fourth-order valence-corrected chi connectivity index (χ4v) is 2.38. The van der Waals surface area contributed by atoms with Gasteiger partial charge in [0.1, 0.15) is 17.2 Å². The van der Waals surface area contributed by atoms with Gasteiger partial charge in [0.25, 0.3) is 0 Å². The molecule has 0 aliphatic carbocycles. The summed E-state index contributed by atoms with van der Waals surface area (Å²) in [4.78, 5) is 21.4. The van der Waals surface area contributed by atoms with Crippen LogP contribution < -0.4 is 4.90 Å². The van der Waals surface area contributed by atoms with Gasteiger partial charge in [0.05, 0.1) is 5.92 Å². The van der Waals surface area contributed by atoms with Gasteiger partial charge < -0.3 is 10.0 Å². The fourth-order valence-electron chi connectivity index (χ4n) is 2.00. The van der Waals surface area contributed by atoms with Gasteiger partial charge in [0.2, 0.25) is 0 Å². The highest BCUT2D eigenvalue weighted by Gasteiger charge is 2.26. The SMILES string of the molecule is CSc1cc(N2CCCC(C(=O)O)C2)ncn1. The Hall–Kier alpha value is -1.30. The summed E-state index contributed by atoms with van der Waals surface area (Å²) in [5, 5.41) is 9.95. The van der Waals surface area contributed by atoms with Crippen LogP contribution in [0.15, 0.2) is 17.4 Å². The van der Waals surface area contributed by atoms with Crippen LogP contribution in [0.25, 0.3) is 0 Å². The third-order valence-electron chi connectivity index (χ3n) is 2.93. The molecule has 0 saturated carbocycles. The number of thioether (sulfide) groups is 1. The topological polar surface area (TPSA) is 66.3 Å². The summed E-state index contributed by atoms with van der Waals surface area (Å²) < 4.78 is 0.